The second-order valence-electron chi connectivity index (χ2n) is 7.77. The Morgan fingerprint density at radius 3 is 2.09 bits per heavy atom. The van der Waals surface area contributed by atoms with Gasteiger partial charge in [-0.05, 0) is 43.9 Å². The number of hydrazine groups is 1. The molecule has 0 aliphatic rings. The van der Waals surface area contributed by atoms with Crippen LogP contribution in [-0.2, 0) is 30.3 Å². The highest BCUT2D eigenvalue weighted by Gasteiger charge is 2.11. The number of ether oxygens (including phenoxy) is 1. The molecule has 0 heterocycles. The van der Waals surface area contributed by atoms with Crippen molar-refractivity contribution >= 4 is 29.4 Å². The molecule has 0 atom stereocenters. The number of esters is 1. The zero-order valence-corrected chi connectivity index (χ0v) is 19.1. The fraction of sp³-hybridized carbons (Fsp3) is 0.360. The van der Waals surface area contributed by atoms with E-state index in [0.717, 1.165) is 17.5 Å². The molecule has 0 spiro atoms. The summed E-state index contributed by atoms with van der Waals surface area (Å²) in [4.78, 5) is 47.4. The van der Waals surface area contributed by atoms with E-state index in [9.17, 15) is 19.2 Å². The molecule has 0 saturated heterocycles. The number of nitrogens with one attached hydrogen (secondary N) is 3. The van der Waals surface area contributed by atoms with Crippen molar-refractivity contribution in [3.05, 3.63) is 65.2 Å². The van der Waals surface area contributed by atoms with E-state index in [0.29, 0.717) is 12.1 Å². The Morgan fingerprint density at radius 2 is 1.42 bits per heavy atom. The third kappa shape index (κ3) is 10.5. The minimum Gasteiger partial charge on any atom is -0.466 e. The number of carbonyl (C=O) groups is 4. The van der Waals surface area contributed by atoms with E-state index in [4.69, 9.17) is 4.74 Å². The highest BCUT2D eigenvalue weighted by molar-refractivity contribution is 5.94. The molecule has 2 aromatic rings. The van der Waals surface area contributed by atoms with Gasteiger partial charge in [-0.1, -0.05) is 48.0 Å². The first-order valence-corrected chi connectivity index (χ1v) is 11.0. The molecular formula is C25H31N3O5. The Hall–Kier alpha value is -3.68. The van der Waals surface area contributed by atoms with E-state index < -0.39 is 17.8 Å². The fourth-order valence-corrected chi connectivity index (χ4v) is 3.05. The molecule has 3 amide bonds. The van der Waals surface area contributed by atoms with E-state index in [1.54, 1.807) is 0 Å². The van der Waals surface area contributed by atoms with Crippen molar-refractivity contribution in [1.82, 2.24) is 10.9 Å². The van der Waals surface area contributed by atoms with Gasteiger partial charge in [0, 0.05) is 24.9 Å². The molecule has 0 saturated carbocycles. The number of carbonyl (C=O) groups excluding carboxylic acids is 4. The topological polar surface area (TPSA) is 114 Å². The Balaban J connectivity index is 1.53. The van der Waals surface area contributed by atoms with Gasteiger partial charge >= 0.3 is 5.97 Å². The van der Waals surface area contributed by atoms with Crippen LogP contribution in [0.3, 0.4) is 0 Å². The lowest BCUT2D eigenvalue weighted by Crippen LogP contribution is -2.41. The Bertz CT molecular complexity index is 960. The predicted octanol–water partition coefficient (Wildman–Crippen LogP) is 3.13. The zero-order valence-electron chi connectivity index (χ0n) is 19.1. The van der Waals surface area contributed by atoms with Gasteiger partial charge in [-0.25, -0.2) is 0 Å². The van der Waals surface area contributed by atoms with Gasteiger partial charge in [0.1, 0.15) is 0 Å². The van der Waals surface area contributed by atoms with Crippen LogP contribution in [0.2, 0.25) is 0 Å². The van der Waals surface area contributed by atoms with Gasteiger partial charge in [0.2, 0.25) is 17.7 Å². The minimum absolute atomic E-state index is 0.0235. The van der Waals surface area contributed by atoms with Crippen LogP contribution in [-0.4, -0.2) is 30.3 Å². The smallest absolute Gasteiger partial charge is 0.306 e. The van der Waals surface area contributed by atoms with Crippen molar-refractivity contribution in [2.75, 3.05) is 11.9 Å². The molecule has 3 N–H and O–H groups in total. The first-order chi connectivity index (χ1) is 15.8. The van der Waals surface area contributed by atoms with Crippen LogP contribution in [0.4, 0.5) is 5.69 Å². The molecule has 2 rings (SSSR count). The second-order valence-corrected chi connectivity index (χ2v) is 7.77. The summed E-state index contributed by atoms with van der Waals surface area (Å²) in [6.07, 6.45) is 1.22. The summed E-state index contributed by atoms with van der Waals surface area (Å²) >= 11 is 0. The maximum absolute atomic E-state index is 12.0. The van der Waals surface area contributed by atoms with Crippen LogP contribution in [0.1, 0.15) is 48.8 Å². The van der Waals surface area contributed by atoms with Crippen LogP contribution in [0.15, 0.2) is 48.5 Å². The molecule has 0 aliphatic carbocycles. The summed E-state index contributed by atoms with van der Waals surface area (Å²) in [5, 5.41) is 2.76. The molecule has 0 bridgehead atoms. The first-order valence-electron chi connectivity index (χ1n) is 11.0. The number of anilines is 1. The van der Waals surface area contributed by atoms with Gasteiger partial charge in [0.15, 0.2) is 0 Å². The molecule has 0 aromatic heterocycles. The summed E-state index contributed by atoms with van der Waals surface area (Å²) in [5.41, 5.74) is 8.39. The van der Waals surface area contributed by atoms with Crippen molar-refractivity contribution in [3.8, 4) is 0 Å². The molecule has 33 heavy (non-hydrogen) atoms. The lowest BCUT2D eigenvalue weighted by molar-refractivity contribution is -0.145. The summed E-state index contributed by atoms with van der Waals surface area (Å²) in [7, 11) is 0. The van der Waals surface area contributed by atoms with Crippen molar-refractivity contribution in [1.29, 1.82) is 0 Å². The maximum Gasteiger partial charge on any atom is 0.306 e. The van der Waals surface area contributed by atoms with Crippen LogP contribution in [0.25, 0.3) is 0 Å². The van der Waals surface area contributed by atoms with Gasteiger partial charge in [0.05, 0.1) is 13.0 Å². The SMILES string of the molecule is Cc1ccc(NC(=O)CCC(=O)NNC(=O)CCC(=O)OCCCc2ccccc2)c(C)c1. The quantitative estimate of drug-likeness (QED) is 0.275. The second kappa shape index (κ2) is 13.7. The van der Waals surface area contributed by atoms with E-state index in [1.165, 1.54) is 5.56 Å². The Labute approximate surface area is 194 Å². The summed E-state index contributed by atoms with van der Waals surface area (Å²) in [6.45, 7) is 4.15. The minimum atomic E-state index is -0.510. The highest BCUT2D eigenvalue weighted by atomic mass is 16.5. The molecular weight excluding hydrogens is 422 g/mol. The zero-order chi connectivity index (χ0) is 24.1. The molecule has 0 fully saturated rings. The molecule has 176 valence electrons. The van der Waals surface area contributed by atoms with Gasteiger partial charge in [-0.15, -0.1) is 0 Å². The summed E-state index contributed by atoms with van der Waals surface area (Å²) in [6, 6.07) is 15.6. The molecule has 0 aliphatic heterocycles. The number of hydrogen-bond acceptors (Lipinski definition) is 5. The van der Waals surface area contributed by atoms with Crippen molar-refractivity contribution in [2.45, 2.75) is 52.4 Å². The van der Waals surface area contributed by atoms with E-state index in [1.807, 2.05) is 62.4 Å². The number of rotatable bonds is 11. The number of hydrogen-bond donors (Lipinski definition) is 3. The van der Waals surface area contributed by atoms with Crippen LogP contribution < -0.4 is 16.2 Å². The van der Waals surface area contributed by atoms with E-state index >= 15 is 0 Å². The molecule has 0 radical (unpaired) electrons. The van der Waals surface area contributed by atoms with Gasteiger partial charge < -0.3 is 10.1 Å². The van der Waals surface area contributed by atoms with Gasteiger partial charge in [0.25, 0.3) is 0 Å². The van der Waals surface area contributed by atoms with Gasteiger partial charge in [-0.3, -0.25) is 30.0 Å². The highest BCUT2D eigenvalue weighted by Crippen LogP contribution is 2.16. The van der Waals surface area contributed by atoms with Crippen LogP contribution in [0.5, 0.6) is 0 Å². The molecule has 2 aromatic carbocycles. The summed E-state index contributed by atoms with van der Waals surface area (Å²) < 4.78 is 5.12. The van der Waals surface area contributed by atoms with E-state index in [-0.39, 0.29) is 38.2 Å². The number of amides is 3. The number of aryl methyl sites for hydroxylation is 3. The van der Waals surface area contributed by atoms with Crippen LogP contribution >= 0.6 is 0 Å². The van der Waals surface area contributed by atoms with Crippen molar-refractivity contribution in [3.63, 3.8) is 0 Å². The Kier molecular flexibility index (Phi) is 10.6. The molecule has 0 unspecified atom stereocenters. The Morgan fingerprint density at radius 1 is 0.788 bits per heavy atom. The van der Waals surface area contributed by atoms with Crippen molar-refractivity contribution in [2.24, 2.45) is 0 Å². The van der Waals surface area contributed by atoms with Crippen LogP contribution in [0, 0.1) is 13.8 Å². The third-order valence-corrected chi connectivity index (χ3v) is 4.85. The maximum atomic E-state index is 12.0. The lowest BCUT2D eigenvalue weighted by Gasteiger charge is -2.10. The molecule has 8 nitrogen and oxygen atoms in total. The lowest BCUT2D eigenvalue weighted by atomic mass is 10.1. The average Bonchev–Trinajstić information content (AvgIpc) is 2.80. The fourth-order valence-electron chi connectivity index (χ4n) is 3.05. The standard InChI is InChI=1S/C25H31N3O5/c1-18-10-11-21(19(2)17-18)26-22(29)12-13-23(30)27-28-24(31)14-15-25(32)33-16-6-9-20-7-4-3-5-8-20/h3-5,7-8,10-11,17H,6,9,12-16H2,1-2H3,(H,26,29)(H,27,30)(H,28,31). The average molecular weight is 454 g/mol. The predicted molar refractivity (Wildman–Crippen MR) is 125 cm³/mol. The number of benzene rings is 2. The first kappa shape index (κ1) is 25.6. The largest absolute Gasteiger partial charge is 0.466 e. The van der Waals surface area contributed by atoms with Crippen molar-refractivity contribution < 1.29 is 23.9 Å². The third-order valence-electron chi connectivity index (χ3n) is 4.85. The molecule has 8 heteroatoms. The monoisotopic (exact) mass is 453 g/mol. The van der Waals surface area contributed by atoms with E-state index in [2.05, 4.69) is 16.2 Å². The normalized spacial score (nSPS) is 10.2. The summed E-state index contributed by atoms with van der Waals surface area (Å²) in [5.74, 6) is -1.77. The van der Waals surface area contributed by atoms with Gasteiger partial charge in [-0.2, -0.15) is 0 Å².